The van der Waals surface area contributed by atoms with Gasteiger partial charge in [0.25, 0.3) is 0 Å². The average molecular weight is 407 g/mol. The molecule has 0 amide bonds. The molecule has 0 aliphatic heterocycles. The van der Waals surface area contributed by atoms with Crippen molar-refractivity contribution in [2.24, 2.45) is 10.7 Å². The van der Waals surface area contributed by atoms with Gasteiger partial charge in [0.15, 0.2) is 17.5 Å². The Hall–Kier alpha value is -2.78. The van der Waals surface area contributed by atoms with Crippen LogP contribution in [-0.2, 0) is 23.1 Å². The number of methoxy groups -OCH3 is 2. The van der Waals surface area contributed by atoms with E-state index in [1.165, 1.54) is 18.4 Å². The number of aliphatic imine (C=N–C) groups is 1. The van der Waals surface area contributed by atoms with Crippen LogP contribution in [-0.4, -0.2) is 47.0 Å². The minimum Gasteiger partial charge on any atom is -0.493 e. The lowest BCUT2D eigenvalue weighted by atomic mass is 10.2. The summed E-state index contributed by atoms with van der Waals surface area (Å²) in [7, 11) is 2.60. The summed E-state index contributed by atoms with van der Waals surface area (Å²) in [6, 6.07) is 12.3. The van der Waals surface area contributed by atoms with Crippen LogP contribution in [0.4, 0.5) is 0 Å². The first kappa shape index (κ1) is 21.5. The summed E-state index contributed by atoms with van der Waals surface area (Å²) in [5.74, 6) is 1.47. The lowest BCUT2D eigenvalue weighted by Gasteiger charge is -2.15. The van der Waals surface area contributed by atoms with Crippen LogP contribution in [0.25, 0.3) is 0 Å². The van der Waals surface area contributed by atoms with E-state index in [0.717, 1.165) is 5.56 Å². The summed E-state index contributed by atoms with van der Waals surface area (Å²) in [6.45, 7) is 0.585. The van der Waals surface area contributed by atoms with Crippen molar-refractivity contribution in [1.29, 1.82) is 0 Å². The molecule has 0 saturated heterocycles. The third-order valence-electron chi connectivity index (χ3n) is 4.07. The first-order valence-electron chi connectivity index (χ1n) is 8.54. The number of rotatable bonds is 8. The van der Waals surface area contributed by atoms with E-state index in [0.29, 0.717) is 23.6 Å². The Morgan fingerprint density at radius 3 is 2.43 bits per heavy atom. The highest BCUT2D eigenvalue weighted by Crippen LogP contribution is 2.27. The van der Waals surface area contributed by atoms with Crippen LogP contribution in [0.3, 0.4) is 0 Å². The molecule has 152 valence electrons. The van der Waals surface area contributed by atoms with Crippen molar-refractivity contribution >= 4 is 16.0 Å². The average Bonchev–Trinajstić information content (AvgIpc) is 2.70. The van der Waals surface area contributed by atoms with Gasteiger partial charge in [-0.25, -0.2) is 17.7 Å². The molecule has 0 aliphatic rings. The molecule has 2 rings (SSSR count). The van der Waals surface area contributed by atoms with Crippen molar-refractivity contribution in [2.75, 3.05) is 28.3 Å². The number of nitrogens with zero attached hydrogens (tertiary/aromatic N) is 2. The fraction of sp³-hybridized carbons (Fsp3) is 0.316. The van der Waals surface area contributed by atoms with Crippen LogP contribution in [0.15, 0.2) is 52.4 Å². The monoisotopic (exact) mass is 406 g/mol. The maximum atomic E-state index is 12.4. The Bertz CT molecular complexity index is 943. The van der Waals surface area contributed by atoms with Crippen LogP contribution in [0.2, 0.25) is 0 Å². The number of guanidine groups is 1. The highest BCUT2D eigenvalue weighted by atomic mass is 32.2. The zero-order valence-electron chi connectivity index (χ0n) is 16.5. The predicted molar refractivity (Wildman–Crippen MR) is 109 cm³/mol. The second-order valence-electron chi connectivity index (χ2n) is 6.14. The third kappa shape index (κ3) is 5.14. The van der Waals surface area contributed by atoms with Gasteiger partial charge in [0.2, 0.25) is 10.0 Å². The molecule has 3 N–H and O–H groups in total. The summed E-state index contributed by atoms with van der Waals surface area (Å²) < 4.78 is 36.5. The van der Waals surface area contributed by atoms with Crippen molar-refractivity contribution in [3.63, 3.8) is 0 Å². The van der Waals surface area contributed by atoms with E-state index in [1.54, 1.807) is 44.6 Å². The maximum Gasteiger partial charge on any atom is 0.242 e. The molecule has 2 aromatic rings. The highest BCUT2D eigenvalue weighted by Gasteiger charge is 2.20. The molecule has 0 saturated carbocycles. The van der Waals surface area contributed by atoms with Gasteiger partial charge in [-0.15, -0.1) is 0 Å². The van der Waals surface area contributed by atoms with Crippen molar-refractivity contribution in [3.05, 3.63) is 53.6 Å². The molecule has 0 heterocycles. The zero-order chi connectivity index (χ0) is 20.7. The van der Waals surface area contributed by atoms with E-state index in [1.807, 2.05) is 12.1 Å². The van der Waals surface area contributed by atoms with E-state index < -0.39 is 10.0 Å². The van der Waals surface area contributed by atoms with Crippen molar-refractivity contribution < 1.29 is 17.9 Å². The van der Waals surface area contributed by atoms with Gasteiger partial charge in [0, 0.05) is 20.6 Å². The normalized spacial score (nSPS) is 12.1. The molecule has 28 heavy (non-hydrogen) atoms. The Morgan fingerprint density at radius 2 is 1.79 bits per heavy atom. The Kier molecular flexibility index (Phi) is 7.24. The number of benzene rings is 2. The lowest BCUT2D eigenvalue weighted by molar-refractivity contribution is 0.354. The number of nitrogens with two attached hydrogens (primary N) is 1. The molecule has 0 fully saturated rings. The molecule has 0 aromatic heterocycles. The van der Waals surface area contributed by atoms with Crippen LogP contribution in [0.5, 0.6) is 11.5 Å². The molecular formula is C19H26N4O4S. The fourth-order valence-corrected chi connectivity index (χ4v) is 3.61. The van der Waals surface area contributed by atoms with Crippen molar-refractivity contribution in [3.8, 4) is 11.5 Å². The van der Waals surface area contributed by atoms with Gasteiger partial charge in [0.05, 0.1) is 25.7 Å². The number of nitrogens with one attached hydrogen (secondary N) is 1. The largest absolute Gasteiger partial charge is 0.493 e. The molecule has 0 radical (unpaired) electrons. The highest BCUT2D eigenvalue weighted by molar-refractivity contribution is 7.89. The van der Waals surface area contributed by atoms with Crippen molar-refractivity contribution in [1.82, 2.24) is 9.62 Å². The van der Waals surface area contributed by atoms with Gasteiger partial charge >= 0.3 is 0 Å². The lowest BCUT2D eigenvalue weighted by Crippen LogP contribution is -2.32. The Morgan fingerprint density at radius 1 is 1.11 bits per heavy atom. The molecule has 8 nitrogen and oxygen atoms in total. The quantitative estimate of drug-likeness (QED) is 0.509. The van der Waals surface area contributed by atoms with Gasteiger partial charge in [-0.3, -0.25) is 0 Å². The summed E-state index contributed by atoms with van der Waals surface area (Å²) in [5, 5.41) is 2.96. The molecule has 9 heteroatoms. The van der Waals surface area contributed by atoms with Crippen LogP contribution in [0.1, 0.15) is 11.1 Å². The van der Waals surface area contributed by atoms with E-state index >= 15 is 0 Å². The molecule has 0 spiro atoms. The summed E-state index contributed by atoms with van der Waals surface area (Å²) in [6.07, 6.45) is 0. The van der Waals surface area contributed by atoms with E-state index in [9.17, 15) is 8.42 Å². The molecule has 0 atom stereocenters. The van der Waals surface area contributed by atoms with E-state index in [-0.39, 0.29) is 17.4 Å². The predicted octanol–water partition coefficient (Wildman–Crippen LogP) is 1.56. The fourth-order valence-electron chi connectivity index (χ4n) is 2.50. The van der Waals surface area contributed by atoms with Gasteiger partial charge in [-0.2, -0.15) is 0 Å². The van der Waals surface area contributed by atoms with E-state index in [2.05, 4.69) is 10.3 Å². The van der Waals surface area contributed by atoms with Crippen LogP contribution >= 0.6 is 0 Å². The number of hydrogen-bond acceptors (Lipinski definition) is 5. The van der Waals surface area contributed by atoms with Crippen LogP contribution in [0, 0.1) is 0 Å². The summed E-state index contributed by atoms with van der Waals surface area (Å²) in [4.78, 5) is 4.53. The molecular weight excluding hydrogens is 380 g/mol. The second-order valence-corrected chi connectivity index (χ2v) is 8.26. The minimum atomic E-state index is -3.54. The zero-order valence-corrected chi connectivity index (χ0v) is 17.3. The first-order valence-corrected chi connectivity index (χ1v) is 9.98. The van der Waals surface area contributed by atoms with Gasteiger partial charge in [0.1, 0.15) is 0 Å². The SMILES string of the molecule is COc1ccc(CN=C(N)NCc2ccccc2S(=O)(=O)N(C)C)cc1OC. The summed E-state index contributed by atoms with van der Waals surface area (Å²) in [5.41, 5.74) is 7.45. The molecule has 0 unspecified atom stereocenters. The second kappa shape index (κ2) is 9.43. The molecule has 0 bridgehead atoms. The Labute approximate surface area is 166 Å². The number of ether oxygens (including phenoxy) is 2. The van der Waals surface area contributed by atoms with E-state index in [4.69, 9.17) is 15.2 Å². The topological polar surface area (TPSA) is 106 Å². The Balaban J connectivity index is 2.08. The van der Waals surface area contributed by atoms with Gasteiger partial charge in [-0.1, -0.05) is 24.3 Å². The molecule has 2 aromatic carbocycles. The third-order valence-corrected chi connectivity index (χ3v) is 5.99. The minimum absolute atomic E-state index is 0.215. The number of hydrogen-bond donors (Lipinski definition) is 2. The van der Waals surface area contributed by atoms with Gasteiger partial charge in [-0.05, 0) is 29.3 Å². The smallest absolute Gasteiger partial charge is 0.242 e. The number of sulfonamides is 1. The molecule has 0 aliphatic carbocycles. The summed E-state index contributed by atoms with van der Waals surface area (Å²) >= 11 is 0. The maximum absolute atomic E-state index is 12.4. The van der Waals surface area contributed by atoms with Crippen molar-refractivity contribution in [2.45, 2.75) is 18.0 Å². The van der Waals surface area contributed by atoms with Crippen LogP contribution < -0.4 is 20.5 Å². The standard InChI is InChI=1S/C19H26N4O4S/c1-23(2)28(24,25)18-8-6-5-7-15(18)13-22-19(20)21-12-14-9-10-16(26-3)17(11-14)27-4/h5-11H,12-13H2,1-4H3,(H3,20,21,22). The van der Waals surface area contributed by atoms with Gasteiger partial charge < -0.3 is 20.5 Å². The first-order chi connectivity index (χ1) is 13.3.